The molecular formula is C14H31N. The Morgan fingerprint density at radius 1 is 0.733 bits per heavy atom. The summed E-state index contributed by atoms with van der Waals surface area (Å²) in [5.41, 5.74) is 0. The number of hydrogen-bond acceptors (Lipinski definition) is 1. The van der Waals surface area contributed by atoms with Crippen molar-refractivity contribution in [3.8, 4) is 0 Å². The second-order valence-electron chi connectivity index (χ2n) is 4.64. The predicted octanol–water partition coefficient (Wildman–Crippen LogP) is 4.52. The molecule has 0 aliphatic heterocycles. The fourth-order valence-corrected chi connectivity index (χ4v) is 1.98. The topological polar surface area (TPSA) is 12.0 Å². The maximum atomic E-state index is 3.69. The fourth-order valence-electron chi connectivity index (χ4n) is 1.98. The first kappa shape index (κ1) is 15.0. The molecule has 92 valence electrons. The number of nitrogens with one attached hydrogen (secondary N) is 1. The zero-order chi connectivity index (χ0) is 11.4. The van der Waals surface area contributed by atoms with Crippen molar-refractivity contribution in [2.75, 3.05) is 6.54 Å². The summed E-state index contributed by atoms with van der Waals surface area (Å²) in [5.74, 6) is 0. The molecule has 0 radical (unpaired) electrons. The Kier molecular flexibility index (Phi) is 12.0. The van der Waals surface area contributed by atoms with Crippen LogP contribution in [0.5, 0.6) is 0 Å². The first-order valence-electron chi connectivity index (χ1n) is 7.08. The van der Waals surface area contributed by atoms with Gasteiger partial charge < -0.3 is 5.32 Å². The van der Waals surface area contributed by atoms with Gasteiger partial charge in [0.1, 0.15) is 0 Å². The minimum absolute atomic E-state index is 0.794. The SMILES string of the molecule is CCCCCC(CCCCC)NCCC. The van der Waals surface area contributed by atoms with Crippen LogP contribution in [-0.2, 0) is 0 Å². The lowest BCUT2D eigenvalue weighted by atomic mass is 10.0. The molecule has 0 rings (SSSR count). The minimum Gasteiger partial charge on any atom is -0.314 e. The highest BCUT2D eigenvalue weighted by atomic mass is 14.9. The summed E-state index contributed by atoms with van der Waals surface area (Å²) < 4.78 is 0. The van der Waals surface area contributed by atoms with Crippen molar-refractivity contribution in [3.05, 3.63) is 0 Å². The Labute approximate surface area is 97.0 Å². The van der Waals surface area contributed by atoms with Gasteiger partial charge in [-0.2, -0.15) is 0 Å². The zero-order valence-electron chi connectivity index (χ0n) is 11.1. The highest BCUT2D eigenvalue weighted by Gasteiger charge is 2.06. The van der Waals surface area contributed by atoms with Crippen LogP contribution in [0, 0.1) is 0 Å². The van der Waals surface area contributed by atoms with Crippen LogP contribution in [0.3, 0.4) is 0 Å². The number of rotatable bonds is 11. The van der Waals surface area contributed by atoms with Crippen molar-refractivity contribution in [3.63, 3.8) is 0 Å². The van der Waals surface area contributed by atoms with Crippen molar-refractivity contribution >= 4 is 0 Å². The average molecular weight is 213 g/mol. The average Bonchev–Trinajstić information content (AvgIpc) is 2.25. The number of unbranched alkanes of at least 4 members (excludes halogenated alkanes) is 4. The lowest BCUT2D eigenvalue weighted by Crippen LogP contribution is -2.29. The molecule has 0 unspecified atom stereocenters. The molecule has 0 atom stereocenters. The van der Waals surface area contributed by atoms with E-state index in [4.69, 9.17) is 0 Å². The van der Waals surface area contributed by atoms with Crippen LogP contribution < -0.4 is 5.32 Å². The quantitative estimate of drug-likeness (QED) is 0.498. The molecule has 1 heteroatoms. The normalized spacial score (nSPS) is 11.2. The van der Waals surface area contributed by atoms with Gasteiger partial charge in [-0.3, -0.25) is 0 Å². The van der Waals surface area contributed by atoms with Crippen molar-refractivity contribution in [2.45, 2.75) is 84.6 Å². The minimum atomic E-state index is 0.794. The Bertz CT molecular complexity index is 102. The summed E-state index contributed by atoms with van der Waals surface area (Å²) in [6.45, 7) is 8.02. The summed E-state index contributed by atoms with van der Waals surface area (Å²) >= 11 is 0. The van der Waals surface area contributed by atoms with Crippen molar-refractivity contribution in [2.24, 2.45) is 0 Å². The first-order chi connectivity index (χ1) is 7.35. The van der Waals surface area contributed by atoms with Crippen LogP contribution in [0.15, 0.2) is 0 Å². The molecule has 0 bridgehead atoms. The largest absolute Gasteiger partial charge is 0.314 e. The van der Waals surface area contributed by atoms with Crippen molar-refractivity contribution in [1.29, 1.82) is 0 Å². The highest BCUT2D eigenvalue weighted by Crippen LogP contribution is 2.10. The van der Waals surface area contributed by atoms with Gasteiger partial charge in [0.2, 0.25) is 0 Å². The predicted molar refractivity (Wildman–Crippen MR) is 70.4 cm³/mol. The lowest BCUT2D eigenvalue weighted by Gasteiger charge is -2.18. The van der Waals surface area contributed by atoms with Gasteiger partial charge in [0.25, 0.3) is 0 Å². The summed E-state index contributed by atoms with van der Waals surface area (Å²) in [6, 6.07) is 0.794. The molecule has 0 saturated carbocycles. The van der Waals surface area contributed by atoms with Gasteiger partial charge in [-0.25, -0.2) is 0 Å². The fraction of sp³-hybridized carbons (Fsp3) is 1.00. The van der Waals surface area contributed by atoms with Gasteiger partial charge in [0.15, 0.2) is 0 Å². The van der Waals surface area contributed by atoms with E-state index in [1.165, 1.54) is 64.3 Å². The molecule has 0 heterocycles. The second kappa shape index (κ2) is 12.0. The molecule has 0 saturated heterocycles. The molecule has 0 aliphatic rings. The van der Waals surface area contributed by atoms with Gasteiger partial charge in [-0.15, -0.1) is 0 Å². The third-order valence-corrected chi connectivity index (χ3v) is 3.00. The van der Waals surface area contributed by atoms with E-state index < -0.39 is 0 Å². The molecule has 0 amide bonds. The van der Waals surface area contributed by atoms with Crippen LogP contribution >= 0.6 is 0 Å². The molecule has 0 aliphatic carbocycles. The zero-order valence-corrected chi connectivity index (χ0v) is 11.1. The van der Waals surface area contributed by atoms with E-state index in [1.807, 2.05) is 0 Å². The van der Waals surface area contributed by atoms with Gasteiger partial charge in [-0.1, -0.05) is 59.3 Å². The molecule has 0 fully saturated rings. The smallest absolute Gasteiger partial charge is 0.00670 e. The van der Waals surface area contributed by atoms with Crippen LogP contribution in [0.1, 0.15) is 78.6 Å². The molecule has 0 aromatic rings. The molecular weight excluding hydrogens is 182 g/mol. The summed E-state index contributed by atoms with van der Waals surface area (Å²) in [4.78, 5) is 0. The van der Waals surface area contributed by atoms with Crippen molar-refractivity contribution < 1.29 is 0 Å². The summed E-state index contributed by atoms with van der Waals surface area (Å²) in [7, 11) is 0. The molecule has 15 heavy (non-hydrogen) atoms. The molecule has 1 nitrogen and oxygen atoms in total. The van der Waals surface area contributed by atoms with Gasteiger partial charge in [0, 0.05) is 6.04 Å². The van der Waals surface area contributed by atoms with E-state index in [2.05, 4.69) is 26.1 Å². The number of hydrogen-bond donors (Lipinski definition) is 1. The van der Waals surface area contributed by atoms with Gasteiger partial charge >= 0.3 is 0 Å². The van der Waals surface area contributed by atoms with E-state index in [-0.39, 0.29) is 0 Å². The highest BCUT2D eigenvalue weighted by molar-refractivity contribution is 4.66. The summed E-state index contributed by atoms with van der Waals surface area (Å²) in [6.07, 6.45) is 12.3. The van der Waals surface area contributed by atoms with E-state index in [9.17, 15) is 0 Å². The third-order valence-electron chi connectivity index (χ3n) is 3.00. The Morgan fingerprint density at radius 2 is 1.27 bits per heavy atom. The van der Waals surface area contributed by atoms with E-state index in [1.54, 1.807) is 0 Å². The van der Waals surface area contributed by atoms with Crippen molar-refractivity contribution in [1.82, 2.24) is 5.32 Å². The van der Waals surface area contributed by atoms with Gasteiger partial charge in [0.05, 0.1) is 0 Å². The maximum absolute atomic E-state index is 3.69. The van der Waals surface area contributed by atoms with E-state index in [0.717, 1.165) is 6.04 Å². The lowest BCUT2D eigenvalue weighted by molar-refractivity contribution is 0.419. The molecule has 0 aromatic heterocycles. The third kappa shape index (κ3) is 10.2. The second-order valence-corrected chi connectivity index (χ2v) is 4.64. The monoisotopic (exact) mass is 213 g/mol. The van der Waals surface area contributed by atoms with Crippen LogP contribution in [0.2, 0.25) is 0 Å². The Hall–Kier alpha value is -0.0400. The standard InChI is InChI=1S/C14H31N/c1-4-7-9-11-14(15-13-6-3)12-10-8-5-2/h14-15H,4-13H2,1-3H3. The van der Waals surface area contributed by atoms with Crippen LogP contribution in [0.4, 0.5) is 0 Å². The van der Waals surface area contributed by atoms with Crippen LogP contribution in [-0.4, -0.2) is 12.6 Å². The van der Waals surface area contributed by atoms with Crippen LogP contribution in [0.25, 0.3) is 0 Å². The Morgan fingerprint density at radius 3 is 1.67 bits per heavy atom. The Balaban J connectivity index is 3.53. The molecule has 1 N–H and O–H groups in total. The summed E-state index contributed by atoms with van der Waals surface area (Å²) in [5, 5.41) is 3.69. The van der Waals surface area contributed by atoms with E-state index >= 15 is 0 Å². The van der Waals surface area contributed by atoms with Gasteiger partial charge in [-0.05, 0) is 25.8 Å². The maximum Gasteiger partial charge on any atom is 0.00670 e. The molecule has 0 aromatic carbocycles. The first-order valence-corrected chi connectivity index (χ1v) is 7.08. The van der Waals surface area contributed by atoms with E-state index in [0.29, 0.717) is 0 Å². The molecule has 0 spiro atoms.